The third kappa shape index (κ3) is 5.11. The fourth-order valence-corrected chi connectivity index (χ4v) is 3.20. The molecular formula is C18H23F3N2O3. The van der Waals surface area contributed by atoms with Crippen molar-refractivity contribution < 1.29 is 27.4 Å². The number of carbonyl (C=O) groups excluding carboxylic acids is 1. The third-order valence-corrected chi connectivity index (χ3v) is 4.67. The Balaban J connectivity index is 1.47. The van der Waals surface area contributed by atoms with Crippen LogP contribution in [-0.4, -0.2) is 67.4 Å². The van der Waals surface area contributed by atoms with Crippen LogP contribution in [0.25, 0.3) is 0 Å². The van der Waals surface area contributed by atoms with Crippen LogP contribution in [0.5, 0.6) is 5.75 Å². The van der Waals surface area contributed by atoms with Crippen molar-refractivity contribution >= 4 is 5.91 Å². The van der Waals surface area contributed by atoms with Crippen molar-refractivity contribution in [3.63, 3.8) is 0 Å². The normalized spacial score (nSPS) is 21.8. The van der Waals surface area contributed by atoms with Gasteiger partial charge in [0.1, 0.15) is 5.75 Å². The van der Waals surface area contributed by atoms with E-state index < -0.39 is 12.3 Å². The average Bonchev–Trinajstić information content (AvgIpc) is 3.15. The number of halogens is 3. The van der Waals surface area contributed by atoms with E-state index in [0.29, 0.717) is 18.8 Å². The van der Waals surface area contributed by atoms with E-state index in [1.54, 1.807) is 21.9 Å². The molecule has 1 aromatic rings. The maximum absolute atomic E-state index is 12.8. The number of benzene rings is 1. The summed E-state index contributed by atoms with van der Waals surface area (Å²) in [7, 11) is 0. The molecule has 0 radical (unpaired) electrons. The highest BCUT2D eigenvalue weighted by atomic mass is 19.4. The molecule has 3 rings (SSSR count). The SMILES string of the molecule is O=C(COc1ccc(CN2CCOC(C(F)(F)F)C2)cc1)N1CCCC1. The van der Waals surface area contributed by atoms with Gasteiger partial charge in [0.05, 0.1) is 6.61 Å². The molecule has 0 spiro atoms. The summed E-state index contributed by atoms with van der Waals surface area (Å²) in [4.78, 5) is 15.5. The topological polar surface area (TPSA) is 42.0 Å². The van der Waals surface area contributed by atoms with Crippen molar-refractivity contribution in [2.75, 3.05) is 39.4 Å². The van der Waals surface area contributed by atoms with E-state index in [2.05, 4.69) is 0 Å². The van der Waals surface area contributed by atoms with Gasteiger partial charge in [-0.25, -0.2) is 0 Å². The summed E-state index contributed by atoms with van der Waals surface area (Å²) in [6.07, 6.45) is -3.98. The molecule has 5 nitrogen and oxygen atoms in total. The number of rotatable bonds is 5. The largest absolute Gasteiger partial charge is 0.484 e. The van der Waals surface area contributed by atoms with Gasteiger partial charge in [0.25, 0.3) is 5.91 Å². The monoisotopic (exact) mass is 372 g/mol. The van der Waals surface area contributed by atoms with Crippen LogP contribution >= 0.6 is 0 Å². The number of hydrogen-bond acceptors (Lipinski definition) is 4. The zero-order valence-corrected chi connectivity index (χ0v) is 14.5. The minimum atomic E-state index is -4.34. The molecule has 0 bridgehead atoms. The molecule has 2 aliphatic rings. The number of hydrogen-bond donors (Lipinski definition) is 0. The second kappa shape index (κ2) is 8.26. The first-order chi connectivity index (χ1) is 12.4. The Labute approximate surface area is 150 Å². The summed E-state index contributed by atoms with van der Waals surface area (Å²) in [5.74, 6) is 0.564. The summed E-state index contributed by atoms with van der Waals surface area (Å²) >= 11 is 0. The molecule has 0 aromatic heterocycles. The molecule has 0 aliphatic carbocycles. The Morgan fingerprint density at radius 3 is 2.50 bits per heavy atom. The van der Waals surface area contributed by atoms with E-state index >= 15 is 0 Å². The molecule has 144 valence electrons. The Hall–Kier alpha value is -1.80. The fraction of sp³-hybridized carbons (Fsp3) is 0.611. The predicted molar refractivity (Wildman–Crippen MR) is 88.8 cm³/mol. The molecule has 8 heteroatoms. The molecule has 1 unspecified atom stereocenters. The van der Waals surface area contributed by atoms with Gasteiger partial charge in [0.15, 0.2) is 12.7 Å². The number of morpholine rings is 1. The molecule has 1 amide bonds. The molecule has 1 aromatic carbocycles. The molecule has 26 heavy (non-hydrogen) atoms. The van der Waals surface area contributed by atoms with Gasteiger partial charge in [-0.3, -0.25) is 9.69 Å². The number of amides is 1. The number of alkyl halides is 3. The maximum Gasteiger partial charge on any atom is 0.415 e. The zero-order valence-electron chi connectivity index (χ0n) is 14.5. The van der Waals surface area contributed by atoms with Crippen LogP contribution in [0.1, 0.15) is 18.4 Å². The van der Waals surface area contributed by atoms with E-state index in [1.807, 2.05) is 12.1 Å². The first-order valence-electron chi connectivity index (χ1n) is 8.82. The lowest BCUT2D eigenvalue weighted by Gasteiger charge is -2.33. The van der Waals surface area contributed by atoms with Crippen LogP contribution < -0.4 is 4.74 Å². The summed E-state index contributed by atoms with van der Waals surface area (Å²) in [6, 6.07) is 7.12. The van der Waals surface area contributed by atoms with E-state index in [-0.39, 0.29) is 25.7 Å². The van der Waals surface area contributed by atoms with Crippen LogP contribution in [0.15, 0.2) is 24.3 Å². The van der Waals surface area contributed by atoms with Gasteiger partial charge in [-0.05, 0) is 30.5 Å². The molecule has 2 fully saturated rings. The first-order valence-corrected chi connectivity index (χ1v) is 8.82. The lowest BCUT2D eigenvalue weighted by atomic mass is 10.2. The predicted octanol–water partition coefficient (Wildman–Crippen LogP) is 2.45. The summed E-state index contributed by atoms with van der Waals surface area (Å²) in [6.45, 7) is 2.39. The van der Waals surface area contributed by atoms with Crippen molar-refractivity contribution in [3.05, 3.63) is 29.8 Å². The lowest BCUT2D eigenvalue weighted by molar-refractivity contribution is -0.237. The highest BCUT2D eigenvalue weighted by Gasteiger charge is 2.43. The molecule has 2 heterocycles. The van der Waals surface area contributed by atoms with Crippen molar-refractivity contribution in [2.24, 2.45) is 0 Å². The number of nitrogens with zero attached hydrogens (tertiary/aromatic N) is 2. The second-order valence-electron chi connectivity index (χ2n) is 6.66. The molecule has 0 N–H and O–H groups in total. The summed E-state index contributed by atoms with van der Waals surface area (Å²) < 4.78 is 48.6. The van der Waals surface area contributed by atoms with Crippen LogP contribution in [0.2, 0.25) is 0 Å². The van der Waals surface area contributed by atoms with E-state index in [0.717, 1.165) is 31.5 Å². The number of likely N-dealkylation sites (tertiary alicyclic amines) is 1. The van der Waals surface area contributed by atoms with Crippen molar-refractivity contribution in [2.45, 2.75) is 31.7 Å². The van der Waals surface area contributed by atoms with Crippen molar-refractivity contribution in [1.82, 2.24) is 9.80 Å². The lowest BCUT2D eigenvalue weighted by Crippen LogP contribution is -2.48. The first kappa shape index (κ1) is 19.0. The van der Waals surface area contributed by atoms with Gasteiger partial charge in [-0.15, -0.1) is 0 Å². The van der Waals surface area contributed by atoms with Gasteiger partial charge in [-0.1, -0.05) is 12.1 Å². The van der Waals surface area contributed by atoms with Gasteiger partial charge < -0.3 is 14.4 Å². The van der Waals surface area contributed by atoms with Gasteiger partial charge in [0.2, 0.25) is 0 Å². The molecule has 1 atom stereocenters. The molecular weight excluding hydrogens is 349 g/mol. The maximum atomic E-state index is 12.8. The Kier molecular flexibility index (Phi) is 6.03. The Bertz CT molecular complexity index is 601. The quantitative estimate of drug-likeness (QED) is 0.796. The van der Waals surface area contributed by atoms with E-state index in [4.69, 9.17) is 9.47 Å². The zero-order chi connectivity index (χ0) is 18.6. The van der Waals surface area contributed by atoms with Crippen molar-refractivity contribution in [1.29, 1.82) is 0 Å². The highest BCUT2D eigenvalue weighted by Crippen LogP contribution is 2.26. The summed E-state index contributed by atoms with van der Waals surface area (Å²) in [5.41, 5.74) is 0.894. The fourth-order valence-electron chi connectivity index (χ4n) is 3.20. The van der Waals surface area contributed by atoms with Crippen LogP contribution in [0, 0.1) is 0 Å². The Morgan fingerprint density at radius 2 is 1.85 bits per heavy atom. The van der Waals surface area contributed by atoms with Gasteiger partial charge >= 0.3 is 6.18 Å². The van der Waals surface area contributed by atoms with Gasteiger partial charge in [-0.2, -0.15) is 13.2 Å². The smallest absolute Gasteiger partial charge is 0.415 e. The van der Waals surface area contributed by atoms with Crippen LogP contribution in [0.3, 0.4) is 0 Å². The van der Waals surface area contributed by atoms with Crippen LogP contribution in [0.4, 0.5) is 13.2 Å². The van der Waals surface area contributed by atoms with E-state index in [9.17, 15) is 18.0 Å². The molecule has 0 saturated carbocycles. The molecule has 2 saturated heterocycles. The van der Waals surface area contributed by atoms with Crippen LogP contribution in [-0.2, 0) is 16.1 Å². The third-order valence-electron chi connectivity index (χ3n) is 4.67. The summed E-state index contributed by atoms with van der Waals surface area (Å²) in [5, 5.41) is 0. The minimum Gasteiger partial charge on any atom is -0.484 e. The highest BCUT2D eigenvalue weighted by molar-refractivity contribution is 5.78. The average molecular weight is 372 g/mol. The number of ether oxygens (including phenoxy) is 2. The van der Waals surface area contributed by atoms with E-state index in [1.165, 1.54) is 0 Å². The van der Waals surface area contributed by atoms with Crippen molar-refractivity contribution in [3.8, 4) is 5.75 Å². The second-order valence-corrected chi connectivity index (χ2v) is 6.66. The minimum absolute atomic E-state index is 0.00999. The number of carbonyl (C=O) groups is 1. The molecule has 2 aliphatic heterocycles. The van der Waals surface area contributed by atoms with Gasteiger partial charge in [0, 0.05) is 32.7 Å². The Morgan fingerprint density at radius 1 is 1.15 bits per heavy atom. The standard InChI is InChI=1S/C18H23F3N2O3/c19-18(20,21)16-12-22(9-10-25-16)11-14-3-5-15(6-4-14)26-13-17(24)23-7-1-2-8-23/h3-6,16H,1-2,7-13H2.